The molecule has 2 aromatic rings. The lowest BCUT2D eigenvalue weighted by Gasteiger charge is -2.22. The van der Waals surface area contributed by atoms with Crippen LogP contribution in [0.2, 0.25) is 5.02 Å². The van der Waals surface area contributed by atoms with E-state index in [1.807, 2.05) is 18.0 Å². The average Bonchev–Trinajstić information content (AvgIpc) is 2.82. The van der Waals surface area contributed by atoms with Gasteiger partial charge in [-0.05, 0) is 18.6 Å². The maximum absolute atomic E-state index is 6.11. The fraction of sp³-hybridized carbons (Fsp3) is 0.176. The van der Waals surface area contributed by atoms with Gasteiger partial charge in [0.05, 0.1) is 23.6 Å². The van der Waals surface area contributed by atoms with Gasteiger partial charge in [-0.1, -0.05) is 24.8 Å². The van der Waals surface area contributed by atoms with E-state index >= 15 is 0 Å². The van der Waals surface area contributed by atoms with Crippen LogP contribution in [0.1, 0.15) is 11.1 Å². The first-order chi connectivity index (χ1) is 11.0. The zero-order valence-electron chi connectivity index (χ0n) is 13.2. The highest BCUT2D eigenvalue weighted by atomic mass is 35.5. The summed E-state index contributed by atoms with van der Waals surface area (Å²) in [5.41, 5.74) is 4.77. The molecule has 5 nitrogen and oxygen atoms in total. The lowest BCUT2D eigenvalue weighted by atomic mass is 10.1. The molecule has 0 atom stereocenters. The molecule has 0 fully saturated rings. The summed E-state index contributed by atoms with van der Waals surface area (Å²) >= 11 is 6.11. The smallest absolute Gasteiger partial charge is 0.144 e. The number of hydrogen-bond acceptors (Lipinski definition) is 4. The van der Waals surface area contributed by atoms with Gasteiger partial charge in [0.15, 0.2) is 0 Å². The van der Waals surface area contributed by atoms with Crippen LogP contribution in [-0.2, 0) is 6.54 Å². The molecule has 0 unspecified atom stereocenters. The number of aromatic nitrogens is 2. The molecular formula is C17H18ClN5. The number of nitrogens with zero attached hydrogens (tertiary/aromatic N) is 4. The van der Waals surface area contributed by atoms with Crippen molar-refractivity contribution >= 4 is 35.1 Å². The highest BCUT2D eigenvalue weighted by Gasteiger charge is 2.21. The number of aryl methyl sites for hydroxylation is 1. The summed E-state index contributed by atoms with van der Waals surface area (Å²) < 4.78 is 2.06. The minimum absolute atomic E-state index is 0.562. The Bertz CT molecular complexity index is 818. The van der Waals surface area contributed by atoms with Crippen molar-refractivity contribution in [2.75, 3.05) is 12.4 Å². The summed E-state index contributed by atoms with van der Waals surface area (Å²) in [4.78, 5) is 10.4. The third kappa shape index (κ3) is 2.87. The van der Waals surface area contributed by atoms with E-state index in [0.717, 1.165) is 34.0 Å². The van der Waals surface area contributed by atoms with Crippen LogP contribution >= 0.6 is 11.6 Å². The fourth-order valence-corrected chi connectivity index (χ4v) is 2.76. The lowest BCUT2D eigenvalue weighted by molar-refractivity contribution is 0.724. The minimum Gasteiger partial charge on any atom is -0.357 e. The van der Waals surface area contributed by atoms with Crippen molar-refractivity contribution in [2.24, 2.45) is 4.99 Å². The SMILES string of the molecule is C=C(Cn1cc(C)c2c1N=CN(C)C2=C)Nc1ccncc1Cl. The van der Waals surface area contributed by atoms with E-state index in [4.69, 9.17) is 11.6 Å². The number of aliphatic imine (C=N–C) groups is 1. The Morgan fingerprint density at radius 3 is 2.96 bits per heavy atom. The van der Waals surface area contributed by atoms with E-state index in [-0.39, 0.29) is 0 Å². The number of pyridine rings is 1. The van der Waals surface area contributed by atoms with E-state index < -0.39 is 0 Å². The first-order valence-electron chi connectivity index (χ1n) is 7.17. The number of halogens is 1. The first kappa shape index (κ1) is 15.4. The van der Waals surface area contributed by atoms with E-state index in [0.29, 0.717) is 11.6 Å². The average molecular weight is 328 g/mol. The van der Waals surface area contributed by atoms with Crippen molar-refractivity contribution in [1.29, 1.82) is 0 Å². The molecular weight excluding hydrogens is 310 g/mol. The maximum atomic E-state index is 6.11. The summed E-state index contributed by atoms with van der Waals surface area (Å²) in [6, 6.07) is 1.82. The number of nitrogens with one attached hydrogen (secondary N) is 1. The molecule has 1 aliphatic heterocycles. The highest BCUT2D eigenvalue weighted by molar-refractivity contribution is 6.33. The summed E-state index contributed by atoms with van der Waals surface area (Å²) in [6.07, 6.45) is 7.13. The van der Waals surface area contributed by atoms with Crippen LogP contribution in [0, 0.1) is 6.92 Å². The zero-order chi connectivity index (χ0) is 16.6. The minimum atomic E-state index is 0.562. The van der Waals surface area contributed by atoms with Crippen molar-refractivity contribution in [3.63, 3.8) is 0 Å². The van der Waals surface area contributed by atoms with Crippen molar-refractivity contribution in [2.45, 2.75) is 13.5 Å². The van der Waals surface area contributed by atoms with Gasteiger partial charge in [-0.2, -0.15) is 0 Å². The number of anilines is 1. The molecule has 0 aliphatic carbocycles. The topological polar surface area (TPSA) is 45.5 Å². The monoisotopic (exact) mass is 327 g/mol. The summed E-state index contributed by atoms with van der Waals surface area (Å²) in [5, 5.41) is 3.79. The fourth-order valence-electron chi connectivity index (χ4n) is 2.59. The van der Waals surface area contributed by atoms with Crippen LogP contribution in [-0.4, -0.2) is 27.8 Å². The molecule has 0 aromatic carbocycles. The van der Waals surface area contributed by atoms with Crippen LogP contribution in [0.3, 0.4) is 0 Å². The summed E-state index contributed by atoms with van der Waals surface area (Å²) in [7, 11) is 1.94. The molecule has 0 amide bonds. The molecule has 1 N–H and O–H groups in total. The Kier molecular flexibility index (Phi) is 3.96. The van der Waals surface area contributed by atoms with E-state index in [9.17, 15) is 0 Å². The Hall–Kier alpha value is -2.53. The molecule has 23 heavy (non-hydrogen) atoms. The second-order valence-electron chi connectivity index (χ2n) is 5.52. The van der Waals surface area contributed by atoms with Gasteiger partial charge in [-0.25, -0.2) is 4.99 Å². The van der Waals surface area contributed by atoms with Gasteiger partial charge >= 0.3 is 0 Å². The second-order valence-corrected chi connectivity index (χ2v) is 5.93. The quantitative estimate of drug-likeness (QED) is 0.921. The number of hydrogen-bond donors (Lipinski definition) is 1. The molecule has 2 aromatic heterocycles. The van der Waals surface area contributed by atoms with Crippen LogP contribution in [0.5, 0.6) is 0 Å². The predicted molar refractivity (Wildman–Crippen MR) is 96.1 cm³/mol. The van der Waals surface area contributed by atoms with E-state index in [1.54, 1.807) is 18.7 Å². The largest absolute Gasteiger partial charge is 0.357 e. The zero-order valence-corrected chi connectivity index (χ0v) is 13.9. The number of fused-ring (bicyclic) bond motifs is 1. The van der Waals surface area contributed by atoms with Gasteiger partial charge in [0.2, 0.25) is 0 Å². The molecule has 3 rings (SSSR count). The highest BCUT2D eigenvalue weighted by Crippen LogP contribution is 2.35. The van der Waals surface area contributed by atoms with Crippen LogP contribution in [0.4, 0.5) is 11.5 Å². The van der Waals surface area contributed by atoms with Crippen LogP contribution < -0.4 is 5.32 Å². The van der Waals surface area contributed by atoms with Crippen LogP contribution in [0.25, 0.3) is 5.70 Å². The second kappa shape index (κ2) is 5.93. The third-order valence-corrected chi connectivity index (χ3v) is 4.05. The van der Waals surface area contributed by atoms with Crippen molar-refractivity contribution < 1.29 is 0 Å². The molecule has 118 valence electrons. The normalized spacial score (nSPS) is 13.2. The molecule has 0 radical (unpaired) electrons. The lowest BCUT2D eigenvalue weighted by Crippen LogP contribution is -2.17. The molecule has 0 spiro atoms. The van der Waals surface area contributed by atoms with Gasteiger partial charge in [0.1, 0.15) is 5.82 Å². The molecule has 3 heterocycles. The van der Waals surface area contributed by atoms with Gasteiger partial charge in [-0.15, -0.1) is 0 Å². The molecule has 0 bridgehead atoms. The van der Waals surface area contributed by atoms with Crippen molar-refractivity contribution in [1.82, 2.24) is 14.5 Å². The van der Waals surface area contributed by atoms with Crippen LogP contribution in [0.15, 0.2) is 48.5 Å². The number of allylic oxidation sites excluding steroid dienone is 1. The molecule has 0 saturated carbocycles. The van der Waals surface area contributed by atoms with Gasteiger partial charge in [-0.3, -0.25) is 4.98 Å². The van der Waals surface area contributed by atoms with E-state index in [1.165, 1.54) is 0 Å². The molecule has 0 saturated heterocycles. The molecule has 1 aliphatic rings. The predicted octanol–water partition coefficient (Wildman–Crippen LogP) is 4.05. The Balaban J connectivity index is 1.83. The Morgan fingerprint density at radius 2 is 2.22 bits per heavy atom. The first-order valence-corrected chi connectivity index (χ1v) is 7.55. The summed E-state index contributed by atoms with van der Waals surface area (Å²) in [5.74, 6) is 0.898. The number of rotatable bonds is 4. The van der Waals surface area contributed by atoms with E-state index in [2.05, 4.69) is 46.1 Å². The van der Waals surface area contributed by atoms with Gasteiger partial charge in [0, 0.05) is 42.6 Å². The Labute approximate surface area is 140 Å². The van der Waals surface area contributed by atoms with Crippen molar-refractivity contribution in [3.05, 3.63) is 59.7 Å². The standard InChI is InChI=1S/C17H18ClN5/c1-11-8-23(17-16(11)13(3)22(4)10-20-17)9-12(2)21-15-5-6-19-7-14(15)18/h5-8,10H,2-3,9H2,1,4H3,(H,19,21). The van der Waals surface area contributed by atoms with Crippen molar-refractivity contribution in [3.8, 4) is 0 Å². The van der Waals surface area contributed by atoms with Gasteiger partial charge < -0.3 is 14.8 Å². The van der Waals surface area contributed by atoms with Gasteiger partial charge in [0.25, 0.3) is 0 Å². The summed E-state index contributed by atoms with van der Waals surface area (Å²) in [6.45, 7) is 10.9. The third-order valence-electron chi connectivity index (χ3n) is 3.75. The molecule has 6 heteroatoms. The Morgan fingerprint density at radius 1 is 1.43 bits per heavy atom. The maximum Gasteiger partial charge on any atom is 0.144 e.